The van der Waals surface area contributed by atoms with E-state index in [0.29, 0.717) is 0 Å². The van der Waals surface area contributed by atoms with Crippen LogP contribution < -0.4 is 5.32 Å². The van der Waals surface area contributed by atoms with Crippen LogP contribution in [0.25, 0.3) is 0 Å². The van der Waals surface area contributed by atoms with Crippen molar-refractivity contribution in [1.82, 2.24) is 4.90 Å². The normalized spacial score (nSPS) is 7.75. The van der Waals surface area contributed by atoms with E-state index in [2.05, 4.69) is 19.3 Å². The number of nitrogens with one attached hydrogen (secondary N) is 1. The summed E-state index contributed by atoms with van der Waals surface area (Å²) in [5, 5.41) is 2.55. The Kier molecular flexibility index (Phi) is 15.8. The summed E-state index contributed by atoms with van der Waals surface area (Å²) in [6.45, 7) is 3.18. The van der Waals surface area contributed by atoms with E-state index in [1.165, 1.54) is 0 Å². The zero-order valence-corrected chi connectivity index (χ0v) is 13.0. The number of carbonyl (C=O) groups excluding carboxylic acids is 1. The van der Waals surface area contributed by atoms with Crippen molar-refractivity contribution >= 4 is 11.6 Å². The van der Waals surface area contributed by atoms with Crippen molar-refractivity contribution in [2.75, 3.05) is 19.4 Å². The van der Waals surface area contributed by atoms with Crippen LogP contribution in [0.15, 0.2) is 30.3 Å². The number of hydrogen-bond acceptors (Lipinski definition) is 2. The largest absolute Gasteiger partial charge is 0.464 e. The van der Waals surface area contributed by atoms with E-state index in [0.717, 1.165) is 5.69 Å². The first-order chi connectivity index (χ1) is 6.52. The van der Waals surface area contributed by atoms with Gasteiger partial charge in [-0.1, -0.05) is 18.2 Å². The predicted molar refractivity (Wildman–Crippen MR) is 65.9 cm³/mol. The monoisotopic (exact) mass is 391 g/mol. The zero-order valence-electron chi connectivity index (χ0n) is 10.1. The maximum Gasteiger partial charge on any atom is 0.0841 e. The van der Waals surface area contributed by atoms with Crippen LogP contribution in [0, 0.1) is 21.4 Å². The summed E-state index contributed by atoms with van der Waals surface area (Å²) in [4.78, 5) is 12.1. The topological polar surface area (TPSA) is 32.3 Å². The molecule has 4 heteroatoms. The van der Waals surface area contributed by atoms with E-state index in [1.54, 1.807) is 4.90 Å². The Morgan fingerprint density at radius 3 is 1.94 bits per heavy atom. The van der Waals surface area contributed by atoms with Crippen LogP contribution >= 0.6 is 0 Å². The van der Waals surface area contributed by atoms with E-state index >= 15 is 0 Å². The molecule has 1 aromatic rings. The van der Waals surface area contributed by atoms with Crippen LogP contribution in [0.2, 0.25) is 0 Å². The van der Waals surface area contributed by atoms with Crippen LogP contribution in [0.1, 0.15) is 0 Å². The van der Waals surface area contributed by atoms with Crippen molar-refractivity contribution < 1.29 is 25.9 Å². The number of para-hydroxylation sites is 1. The first-order valence-electron chi connectivity index (χ1n) is 4.18. The molecule has 0 spiro atoms. The third-order valence-electron chi connectivity index (χ3n) is 1.06. The standard InChI is InChI=1S/C8H8NO.C3H8N.CH3.W/c1-7(10)9-8-5-3-2-4-6-8;1-4(2)3;;/h2-6H,1H2,(H,9,10);1H2,2-3H3;1H3;/q3*-1;. The molecule has 92 valence electrons. The van der Waals surface area contributed by atoms with Gasteiger partial charge in [-0.05, 0) is 26.2 Å². The fraction of sp³-hybridized carbons (Fsp3) is 0.167. The van der Waals surface area contributed by atoms with Gasteiger partial charge in [0.2, 0.25) is 0 Å². The summed E-state index contributed by atoms with van der Waals surface area (Å²) in [6.07, 6.45) is 0. The maximum atomic E-state index is 10.4. The van der Waals surface area contributed by atoms with Gasteiger partial charge in [-0.25, -0.2) is 0 Å². The molecule has 1 amide bonds. The predicted octanol–water partition coefficient (Wildman–Crippen LogP) is 2.25. The van der Waals surface area contributed by atoms with Crippen molar-refractivity contribution in [3.8, 4) is 0 Å². The minimum Gasteiger partial charge on any atom is -0.464 e. The van der Waals surface area contributed by atoms with E-state index < -0.39 is 0 Å². The van der Waals surface area contributed by atoms with Crippen LogP contribution in [-0.4, -0.2) is 24.9 Å². The van der Waals surface area contributed by atoms with Crippen molar-refractivity contribution in [2.45, 2.75) is 0 Å². The van der Waals surface area contributed by atoms with E-state index in [-0.39, 0.29) is 34.4 Å². The number of rotatable bonds is 1. The second-order valence-electron chi connectivity index (χ2n) is 2.99. The second-order valence-corrected chi connectivity index (χ2v) is 2.99. The van der Waals surface area contributed by atoms with Gasteiger partial charge in [-0.2, -0.15) is 0 Å². The van der Waals surface area contributed by atoms with Gasteiger partial charge in [0.05, 0.1) is 5.91 Å². The Bertz CT molecular complexity index is 260. The fourth-order valence-corrected chi connectivity index (χ4v) is 0.682. The van der Waals surface area contributed by atoms with E-state index in [9.17, 15) is 4.79 Å². The minimum atomic E-state index is -0.286. The minimum absolute atomic E-state index is 0. The summed E-state index contributed by atoms with van der Waals surface area (Å²) in [5.41, 5.74) is 0.780. The van der Waals surface area contributed by atoms with Crippen LogP contribution in [0.5, 0.6) is 0 Å². The van der Waals surface area contributed by atoms with Gasteiger partial charge in [0.15, 0.2) is 0 Å². The molecule has 0 saturated carbocycles. The molecule has 16 heavy (non-hydrogen) atoms. The molecule has 3 nitrogen and oxygen atoms in total. The zero-order chi connectivity index (χ0) is 11.0. The number of nitrogens with zero attached hydrogens (tertiary/aromatic N) is 1. The summed E-state index contributed by atoms with van der Waals surface area (Å²) in [6, 6.07) is 9.21. The number of benzene rings is 1. The maximum absolute atomic E-state index is 10.4. The quantitative estimate of drug-likeness (QED) is 0.746. The molecule has 1 N–H and O–H groups in total. The molecule has 0 aromatic heterocycles. The van der Waals surface area contributed by atoms with E-state index in [1.807, 2.05) is 44.4 Å². The third kappa shape index (κ3) is 15.7. The molecule has 1 rings (SSSR count). The molecular formula is C12H19N2OW-3. The van der Waals surface area contributed by atoms with Crippen LogP contribution in [0.4, 0.5) is 5.69 Å². The molecule has 0 aliphatic rings. The molecule has 0 aliphatic carbocycles. The van der Waals surface area contributed by atoms with Crippen molar-refractivity contribution in [2.24, 2.45) is 0 Å². The average Bonchev–Trinajstić information content (AvgIpc) is 2.03. The van der Waals surface area contributed by atoms with Crippen molar-refractivity contribution in [1.29, 1.82) is 0 Å². The molecule has 0 bridgehead atoms. The third-order valence-corrected chi connectivity index (χ3v) is 1.06. The number of anilines is 1. The molecule has 0 radical (unpaired) electrons. The van der Waals surface area contributed by atoms with Gasteiger partial charge in [0.25, 0.3) is 0 Å². The summed E-state index contributed by atoms with van der Waals surface area (Å²) in [7, 11) is 7.25. The molecule has 0 saturated heterocycles. The number of carbonyl (C=O) groups is 1. The number of hydrogen-bond donors (Lipinski definition) is 1. The van der Waals surface area contributed by atoms with Crippen molar-refractivity contribution in [3.63, 3.8) is 0 Å². The first kappa shape index (κ1) is 20.6. The SMILES string of the molecule is [CH2-]C(=O)Nc1ccccc1.[CH2-]N(C)C.[CH3-].[W]. The Morgan fingerprint density at radius 2 is 1.62 bits per heavy atom. The summed E-state index contributed by atoms with van der Waals surface area (Å²) >= 11 is 0. The Hall–Kier alpha value is -0.792. The van der Waals surface area contributed by atoms with Gasteiger partial charge in [-0.3, -0.25) is 7.05 Å². The van der Waals surface area contributed by atoms with Gasteiger partial charge in [0, 0.05) is 26.8 Å². The molecule has 0 atom stereocenters. The molecule has 0 unspecified atom stereocenters. The smallest absolute Gasteiger partial charge is 0.0841 e. The van der Waals surface area contributed by atoms with Gasteiger partial charge in [0.1, 0.15) is 0 Å². The molecule has 0 heterocycles. The first-order valence-corrected chi connectivity index (χ1v) is 4.18. The summed E-state index contributed by atoms with van der Waals surface area (Å²) < 4.78 is 0. The van der Waals surface area contributed by atoms with Crippen LogP contribution in [-0.2, 0) is 25.9 Å². The Morgan fingerprint density at radius 1 is 1.25 bits per heavy atom. The molecule has 0 aliphatic heterocycles. The fourth-order valence-electron chi connectivity index (χ4n) is 0.682. The van der Waals surface area contributed by atoms with Crippen LogP contribution in [0.3, 0.4) is 0 Å². The molecule has 1 aromatic carbocycles. The van der Waals surface area contributed by atoms with Gasteiger partial charge < -0.3 is 29.4 Å². The average molecular weight is 391 g/mol. The molecular weight excluding hydrogens is 372 g/mol. The van der Waals surface area contributed by atoms with Gasteiger partial charge >= 0.3 is 0 Å². The Labute approximate surface area is 113 Å². The second kappa shape index (κ2) is 12.3. The molecule has 0 fully saturated rings. The van der Waals surface area contributed by atoms with Crippen molar-refractivity contribution in [3.05, 3.63) is 51.7 Å². The number of amides is 1. The summed E-state index contributed by atoms with van der Waals surface area (Å²) in [5.74, 6) is -0.286. The van der Waals surface area contributed by atoms with E-state index in [4.69, 9.17) is 0 Å². The Balaban J connectivity index is -0.000000249. The van der Waals surface area contributed by atoms with Gasteiger partial charge in [-0.15, -0.1) is 0 Å².